The van der Waals surface area contributed by atoms with Crippen LogP contribution in [0.3, 0.4) is 0 Å². The van der Waals surface area contributed by atoms with Gasteiger partial charge in [-0.1, -0.05) is 18.2 Å². The molecule has 1 atom stereocenters. The Morgan fingerprint density at radius 2 is 2.00 bits per heavy atom. The van der Waals surface area contributed by atoms with Crippen LogP contribution in [0.5, 0.6) is 5.75 Å². The van der Waals surface area contributed by atoms with Crippen molar-refractivity contribution in [2.75, 3.05) is 37.5 Å². The first kappa shape index (κ1) is 14.7. The van der Waals surface area contributed by atoms with E-state index in [1.807, 2.05) is 12.1 Å². The lowest BCUT2D eigenvalue weighted by Crippen LogP contribution is -2.27. The molecule has 1 unspecified atom stereocenters. The predicted molar refractivity (Wildman–Crippen MR) is 91.7 cm³/mol. The lowest BCUT2D eigenvalue weighted by atomic mass is 10.0. The second-order valence-corrected chi connectivity index (χ2v) is 5.82. The van der Waals surface area contributed by atoms with Gasteiger partial charge in [0.2, 0.25) is 0 Å². The molecule has 0 aromatic heterocycles. The highest BCUT2D eigenvalue weighted by Crippen LogP contribution is 2.41. The van der Waals surface area contributed by atoms with Crippen molar-refractivity contribution in [2.45, 2.75) is 12.6 Å². The van der Waals surface area contributed by atoms with Gasteiger partial charge in [-0.3, -0.25) is 0 Å². The van der Waals surface area contributed by atoms with Crippen LogP contribution in [0.4, 0.5) is 11.4 Å². The highest BCUT2D eigenvalue weighted by molar-refractivity contribution is 5.65. The average molecular weight is 297 g/mol. The smallest absolute Gasteiger partial charge is 0.120 e. The van der Waals surface area contributed by atoms with E-state index < -0.39 is 0 Å². The third kappa shape index (κ3) is 2.40. The third-order valence-electron chi connectivity index (χ3n) is 4.34. The van der Waals surface area contributed by atoms with Crippen molar-refractivity contribution in [1.29, 1.82) is 0 Å². The fraction of sp³-hybridized carbons (Fsp3) is 0.333. The molecule has 0 saturated carbocycles. The fourth-order valence-electron chi connectivity index (χ4n) is 3.26. The Balaban J connectivity index is 2.03. The fourth-order valence-corrected chi connectivity index (χ4v) is 3.26. The number of hydrogen-bond donors (Lipinski definition) is 1. The van der Waals surface area contributed by atoms with Gasteiger partial charge in [-0.15, -0.1) is 0 Å². The molecule has 0 radical (unpaired) electrons. The zero-order valence-corrected chi connectivity index (χ0v) is 13.4. The molecule has 0 fully saturated rings. The van der Waals surface area contributed by atoms with Gasteiger partial charge in [0.1, 0.15) is 5.75 Å². The summed E-state index contributed by atoms with van der Waals surface area (Å²) in [7, 11) is 5.87. The van der Waals surface area contributed by atoms with Crippen molar-refractivity contribution in [3.05, 3.63) is 53.6 Å². The molecule has 1 aliphatic rings. The Kier molecular flexibility index (Phi) is 3.94. The van der Waals surface area contributed by atoms with Crippen molar-refractivity contribution in [2.24, 2.45) is 5.73 Å². The molecule has 4 heteroatoms. The maximum atomic E-state index is 6.09. The van der Waals surface area contributed by atoms with Gasteiger partial charge in [0.25, 0.3) is 0 Å². The van der Waals surface area contributed by atoms with Gasteiger partial charge in [-0.2, -0.15) is 0 Å². The van der Waals surface area contributed by atoms with E-state index in [9.17, 15) is 0 Å². The van der Waals surface area contributed by atoms with Gasteiger partial charge < -0.3 is 20.3 Å². The lowest BCUT2D eigenvalue weighted by molar-refractivity contribution is 0.414. The van der Waals surface area contributed by atoms with E-state index in [2.05, 4.69) is 54.2 Å². The van der Waals surface area contributed by atoms with Crippen LogP contribution in [0, 0.1) is 0 Å². The molecule has 4 nitrogen and oxygen atoms in total. The van der Waals surface area contributed by atoms with Crippen LogP contribution in [-0.4, -0.2) is 27.7 Å². The van der Waals surface area contributed by atoms with E-state index in [0.29, 0.717) is 6.54 Å². The van der Waals surface area contributed by atoms with E-state index in [4.69, 9.17) is 10.5 Å². The SMILES string of the molecule is COc1cccc(N2Cc3c(cccc3N(C)C)C2CN)c1. The third-order valence-corrected chi connectivity index (χ3v) is 4.34. The molecule has 22 heavy (non-hydrogen) atoms. The summed E-state index contributed by atoms with van der Waals surface area (Å²) in [4.78, 5) is 4.53. The first-order valence-corrected chi connectivity index (χ1v) is 7.55. The highest BCUT2D eigenvalue weighted by atomic mass is 16.5. The summed E-state index contributed by atoms with van der Waals surface area (Å²) in [5.41, 5.74) is 11.2. The number of benzene rings is 2. The van der Waals surface area contributed by atoms with Crippen LogP contribution in [0.25, 0.3) is 0 Å². The number of ether oxygens (including phenoxy) is 1. The van der Waals surface area contributed by atoms with E-state index in [1.54, 1.807) is 7.11 Å². The van der Waals surface area contributed by atoms with E-state index in [0.717, 1.165) is 18.0 Å². The lowest BCUT2D eigenvalue weighted by Gasteiger charge is -2.26. The molecule has 116 valence electrons. The topological polar surface area (TPSA) is 41.7 Å². The van der Waals surface area contributed by atoms with Crippen LogP contribution in [0.15, 0.2) is 42.5 Å². The van der Waals surface area contributed by atoms with Crippen LogP contribution in [-0.2, 0) is 6.54 Å². The van der Waals surface area contributed by atoms with Crippen LogP contribution in [0.2, 0.25) is 0 Å². The molecular weight excluding hydrogens is 274 g/mol. The number of hydrogen-bond acceptors (Lipinski definition) is 4. The van der Waals surface area contributed by atoms with Crippen molar-refractivity contribution < 1.29 is 4.74 Å². The maximum Gasteiger partial charge on any atom is 0.120 e. The average Bonchev–Trinajstić information content (AvgIpc) is 2.93. The van der Waals surface area contributed by atoms with Crippen molar-refractivity contribution in [3.63, 3.8) is 0 Å². The Hall–Kier alpha value is -2.20. The molecular formula is C18H23N3O. The number of nitrogens with two attached hydrogens (primary N) is 1. The van der Waals surface area contributed by atoms with Crippen molar-refractivity contribution in [1.82, 2.24) is 0 Å². The molecule has 2 aromatic carbocycles. The summed E-state index contributed by atoms with van der Waals surface area (Å²) in [6, 6.07) is 14.9. The second kappa shape index (κ2) is 5.89. The number of fused-ring (bicyclic) bond motifs is 1. The van der Waals surface area contributed by atoms with Gasteiger partial charge in [0, 0.05) is 50.2 Å². The predicted octanol–water partition coefficient (Wildman–Crippen LogP) is 2.78. The molecule has 0 amide bonds. The molecule has 1 aliphatic heterocycles. The molecule has 3 rings (SSSR count). The first-order chi connectivity index (χ1) is 10.7. The summed E-state index contributed by atoms with van der Waals surface area (Å²) >= 11 is 0. The summed E-state index contributed by atoms with van der Waals surface area (Å²) in [6.45, 7) is 1.47. The second-order valence-electron chi connectivity index (χ2n) is 5.82. The highest BCUT2D eigenvalue weighted by Gasteiger charge is 2.31. The number of anilines is 2. The number of methoxy groups -OCH3 is 1. The van der Waals surface area contributed by atoms with Gasteiger partial charge in [0.15, 0.2) is 0 Å². The summed E-state index contributed by atoms with van der Waals surface area (Å²) < 4.78 is 5.36. The van der Waals surface area contributed by atoms with E-state index in [1.165, 1.54) is 16.8 Å². The molecule has 0 aliphatic carbocycles. The van der Waals surface area contributed by atoms with Crippen molar-refractivity contribution in [3.8, 4) is 5.75 Å². The molecule has 0 spiro atoms. The molecule has 0 saturated heterocycles. The van der Waals surface area contributed by atoms with Crippen LogP contribution >= 0.6 is 0 Å². The quantitative estimate of drug-likeness (QED) is 0.942. The minimum Gasteiger partial charge on any atom is -0.497 e. The molecule has 1 heterocycles. The largest absolute Gasteiger partial charge is 0.497 e. The summed E-state index contributed by atoms with van der Waals surface area (Å²) in [5, 5.41) is 0. The minimum absolute atomic E-state index is 0.210. The van der Waals surface area contributed by atoms with E-state index >= 15 is 0 Å². The van der Waals surface area contributed by atoms with Gasteiger partial charge >= 0.3 is 0 Å². The van der Waals surface area contributed by atoms with Gasteiger partial charge in [0.05, 0.1) is 13.2 Å². The summed E-state index contributed by atoms with van der Waals surface area (Å²) in [6.07, 6.45) is 0. The maximum absolute atomic E-state index is 6.09. The number of rotatable bonds is 4. The standard InChI is InChI=1S/C18H23N3O/c1-20(2)17-9-5-8-15-16(17)12-21(18(15)11-19)13-6-4-7-14(10-13)22-3/h4-10,18H,11-12,19H2,1-3H3. The van der Waals surface area contributed by atoms with Crippen LogP contribution in [0.1, 0.15) is 17.2 Å². The van der Waals surface area contributed by atoms with Crippen LogP contribution < -0.4 is 20.3 Å². The first-order valence-electron chi connectivity index (χ1n) is 7.55. The number of nitrogens with zero attached hydrogens (tertiary/aromatic N) is 2. The Morgan fingerprint density at radius 3 is 2.68 bits per heavy atom. The van der Waals surface area contributed by atoms with Crippen molar-refractivity contribution >= 4 is 11.4 Å². The monoisotopic (exact) mass is 297 g/mol. The molecule has 0 bridgehead atoms. The summed E-state index contributed by atoms with van der Waals surface area (Å²) in [5.74, 6) is 0.872. The zero-order chi connectivity index (χ0) is 15.7. The Bertz CT molecular complexity index is 669. The van der Waals surface area contributed by atoms with Gasteiger partial charge in [-0.05, 0) is 23.8 Å². The zero-order valence-electron chi connectivity index (χ0n) is 13.4. The minimum atomic E-state index is 0.210. The molecule has 2 aromatic rings. The van der Waals surface area contributed by atoms with E-state index in [-0.39, 0.29) is 6.04 Å². The van der Waals surface area contributed by atoms with Gasteiger partial charge in [-0.25, -0.2) is 0 Å². The molecule has 2 N–H and O–H groups in total. The Labute approximate surface area is 132 Å². The Morgan fingerprint density at radius 1 is 1.23 bits per heavy atom. The normalized spacial score (nSPS) is 16.5.